The number of carboxylic acids is 1. The molecule has 1 saturated heterocycles. The van der Waals surface area contributed by atoms with E-state index in [1.54, 1.807) is 30.3 Å². The van der Waals surface area contributed by atoms with Gasteiger partial charge in [0.25, 0.3) is 5.91 Å². The van der Waals surface area contributed by atoms with Gasteiger partial charge >= 0.3 is 5.97 Å². The fraction of sp³-hybridized carbons (Fsp3) is 0.318. The average molecular weight is 380 g/mol. The number of piperidine rings is 1. The third-order valence-corrected chi connectivity index (χ3v) is 4.99. The van der Waals surface area contributed by atoms with Crippen molar-refractivity contribution < 1.29 is 19.5 Å². The van der Waals surface area contributed by atoms with Gasteiger partial charge in [-0.1, -0.05) is 30.3 Å². The van der Waals surface area contributed by atoms with E-state index in [0.717, 1.165) is 12.8 Å². The van der Waals surface area contributed by atoms with Crippen molar-refractivity contribution in [2.45, 2.75) is 19.3 Å². The number of nitrogens with zero attached hydrogens (tertiary/aromatic N) is 1. The molecular weight excluding hydrogens is 356 g/mol. The van der Waals surface area contributed by atoms with Crippen molar-refractivity contribution in [3.8, 4) is 0 Å². The summed E-state index contributed by atoms with van der Waals surface area (Å²) >= 11 is 0. The van der Waals surface area contributed by atoms with Gasteiger partial charge in [0.2, 0.25) is 5.91 Å². The van der Waals surface area contributed by atoms with E-state index >= 15 is 0 Å². The lowest BCUT2D eigenvalue weighted by Gasteiger charge is -2.33. The van der Waals surface area contributed by atoms with E-state index in [9.17, 15) is 14.4 Å². The number of carbonyl (C=O) groups is 3. The molecule has 0 spiro atoms. The van der Waals surface area contributed by atoms with Crippen LogP contribution >= 0.6 is 0 Å². The highest BCUT2D eigenvalue weighted by atomic mass is 16.4. The number of amides is 2. The highest BCUT2D eigenvalue weighted by molar-refractivity contribution is 5.94. The highest BCUT2D eigenvalue weighted by Gasteiger charge is 2.24. The van der Waals surface area contributed by atoms with Gasteiger partial charge in [0.1, 0.15) is 0 Å². The first-order valence-corrected chi connectivity index (χ1v) is 9.46. The Hall–Kier alpha value is -3.15. The number of nitrogens with one attached hydrogen (secondary N) is 1. The molecule has 0 saturated carbocycles. The van der Waals surface area contributed by atoms with Crippen LogP contribution in [-0.4, -0.2) is 47.4 Å². The number of aromatic carboxylic acids is 1. The Labute approximate surface area is 164 Å². The maximum absolute atomic E-state index is 12.6. The summed E-state index contributed by atoms with van der Waals surface area (Å²) in [6.45, 7) is 1.83. The molecule has 1 unspecified atom stereocenters. The summed E-state index contributed by atoms with van der Waals surface area (Å²) in [4.78, 5) is 37.7. The fourth-order valence-electron chi connectivity index (χ4n) is 3.49. The van der Waals surface area contributed by atoms with Crippen molar-refractivity contribution in [3.05, 3.63) is 71.3 Å². The van der Waals surface area contributed by atoms with Crippen LogP contribution in [0.1, 0.15) is 39.1 Å². The Kier molecular flexibility index (Phi) is 6.42. The molecule has 1 aliphatic rings. The quantitative estimate of drug-likeness (QED) is 0.806. The molecule has 1 atom stereocenters. The number of carbonyl (C=O) groups excluding carboxylic acids is 2. The topological polar surface area (TPSA) is 86.7 Å². The molecule has 0 aromatic heterocycles. The van der Waals surface area contributed by atoms with E-state index in [4.69, 9.17) is 5.11 Å². The SMILES string of the molecule is O=C(O)c1cccc(CC(=O)N2CCCC(CNC(=O)c3ccccc3)C2)c1. The van der Waals surface area contributed by atoms with Gasteiger partial charge in [-0.3, -0.25) is 9.59 Å². The lowest BCUT2D eigenvalue weighted by Crippen LogP contribution is -2.44. The molecule has 2 N–H and O–H groups in total. The number of carboxylic acid groups (broad SMARTS) is 1. The zero-order valence-electron chi connectivity index (χ0n) is 15.6. The van der Waals surface area contributed by atoms with Crippen molar-refractivity contribution in [1.29, 1.82) is 0 Å². The molecular formula is C22H24N2O4. The first-order chi connectivity index (χ1) is 13.5. The Bertz CT molecular complexity index is 851. The molecule has 28 heavy (non-hydrogen) atoms. The van der Waals surface area contributed by atoms with Crippen LogP contribution in [0.5, 0.6) is 0 Å². The van der Waals surface area contributed by atoms with E-state index < -0.39 is 5.97 Å². The van der Waals surface area contributed by atoms with Gasteiger partial charge in [-0.15, -0.1) is 0 Å². The Morgan fingerprint density at radius 2 is 1.79 bits per heavy atom. The standard InChI is InChI=1S/C22H24N2O4/c25-20(13-16-6-4-10-19(12-16)22(27)28)24-11-5-7-17(15-24)14-23-21(26)18-8-2-1-3-9-18/h1-4,6,8-10,12,17H,5,7,11,13-15H2,(H,23,26)(H,27,28). The molecule has 0 aliphatic carbocycles. The number of hydrogen-bond donors (Lipinski definition) is 2. The second-order valence-electron chi connectivity index (χ2n) is 7.11. The van der Waals surface area contributed by atoms with Gasteiger partial charge < -0.3 is 15.3 Å². The normalized spacial score (nSPS) is 16.4. The number of hydrogen-bond acceptors (Lipinski definition) is 3. The molecule has 0 radical (unpaired) electrons. The molecule has 6 nitrogen and oxygen atoms in total. The predicted octanol–water partition coefficient (Wildman–Crippen LogP) is 2.60. The van der Waals surface area contributed by atoms with E-state index in [-0.39, 0.29) is 29.7 Å². The number of likely N-dealkylation sites (tertiary alicyclic amines) is 1. The van der Waals surface area contributed by atoms with E-state index in [1.165, 1.54) is 6.07 Å². The Morgan fingerprint density at radius 1 is 1.04 bits per heavy atom. The van der Waals surface area contributed by atoms with Gasteiger partial charge in [-0.25, -0.2) is 4.79 Å². The maximum Gasteiger partial charge on any atom is 0.335 e. The molecule has 1 heterocycles. The first-order valence-electron chi connectivity index (χ1n) is 9.46. The molecule has 146 valence electrons. The van der Waals surface area contributed by atoms with Crippen LogP contribution in [0.4, 0.5) is 0 Å². The van der Waals surface area contributed by atoms with E-state index in [2.05, 4.69) is 5.32 Å². The minimum atomic E-state index is -0.999. The minimum Gasteiger partial charge on any atom is -0.478 e. The van der Waals surface area contributed by atoms with E-state index in [1.807, 2.05) is 23.1 Å². The van der Waals surface area contributed by atoms with Gasteiger partial charge in [0.05, 0.1) is 12.0 Å². The first kappa shape index (κ1) is 19.6. The van der Waals surface area contributed by atoms with Crippen LogP contribution in [0.25, 0.3) is 0 Å². The third-order valence-electron chi connectivity index (χ3n) is 4.99. The lowest BCUT2D eigenvalue weighted by atomic mass is 9.97. The van der Waals surface area contributed by atoms with Crippen molar-refractivity contribution in [1.82, 2.24) is 10.2 Å². The fourth-order valence-corrected chi connectivity index (χ4v) is 3.49. The van der Waals surface area contributed by atoms with Gasteiger partial charge in [0, 0.05) is 25.2 Å². The highest BCUT2D eigenvalue weighted by Crippen LogP contribution is 2.17. The zero-order valence-corrected chi connectivity index (χ0v) is 15.6. The summed E-state index contributed by atoms with van der Waals surface area (Å²) in [7, 11) is 0. The smallest absolute Gasteiger partial charge is 0.335 e. The van der Waals surface area contributed by atoms with E-state index in [0.29, 0.717) is 30.8 Å². The second kappa shape index (κ2) is 9.17. The van der Waals surface area contributed by atoms with Crippen LogP contribution in [0.3, 0.4) is 0 Å². The maximum atomic E-state index is 12.6. The molecule has 6 heteroatoms. The molecule has 3 rings (SSSR count). The summed E-state index contributed by atoms with van der Waals surface area (Å²) in [6.07, 6.45) is 2.05. The molecule has 2 aromatic rings. The summed E-state index contributed by atoms with van der Waals surface area (Å²) in [5.41, 5.74) is 1.51. The number of rotatable bonds is 6. The van der Waals surface area contributed by atoms with Gasteiger partial charge in [0.15, 0.2) is 0 Å². The Morgan fingerprint density at radius 3 is 2.54 bits per heavy atom. The molecule has 2 amide bonds. The largest absolute Gasteiger partial charge is 0.478 e. The van der Waals surface area contributed by atoms with Crippen molar-refractivity contribution in [2.24, 2.45) is 5.92 Å². The summed E-state index contributed by atoms with van der Waals surface area (Å²) in [5, 5.41) is 12.0. The molecule has 1 aliphatic heterocycles. The predicted molar refractivity (Wildman–Crippen MR) is 105 cm³/mol. The van der Waals surface area contributed by atoms with Gasteiger partial charge in [-0.2, -0.15) is 0 Å². The van der Waals surface area contributed by atoms with Crippen LogP contribution in [0.2, 0.25) is 0 Å². The average Bonchev–Trinajstić information content (AvgIpc) is 2.73. The Balaban J connectivity index is 1.52. The monoisotopic (exact) mass is 380 g/mol. The minimum absolute atomic E-state index is 0.0124. The number of benzene rings is 2. The van der Waals surface area contributed by atoms with Crippen LogP contribution < -0.4 is 5.32 Å². The third kappa shape index (κ3) is 5.19. The molecule has 2 aromatic carbocycles. The molecule has 0 bridgehead atoms. The lowest BCUT2D eigenvalue weighted by molar-refractivity contribution is -0.132. The van der Waals surface area contributed by atoms with Crippen molar-refractivity contribution >= 4 is 17.8 Å². The van der Waals surface area contributed by atoms with Crippen LogP contribution in [-0.2, 0) is 11.2 Å². The second-order valence-corrected chi connectivity index (χ2v) is 7.11. The van der Waals surface area contributed by atoms with Crippen molar-refractivity contribution in [2.75, 3.05) is 19.6 Å². The van der Waals surface area contributed by atoms with Crippen LogP contribution in [0.15, 0.2) is 54.6 Å². The van der Waals surface area contributed by atoms with Crippen LogP contribution in [0, 0.1) is 5.92 Å². The summed E-state index contributed by atoms with van der Waals surface area (Å²) in [5.74, 6) is -0.895. The summed E-state index contributed by atoms with van der Waals surface area (Å²) < 4.78 is 0. The summed E-state index contributed by atoms with van der Waals surface area (Å²) in [6, 6.07) is 15.6. The van der Waals surface area contributed by atoms with Gasteiger partial charge in [-0.05, 0) is 48.6 Å². The molecule has 1 fully saturated rings. The van der Waals surface area contributed by atoms with Crippen molar-refractivity contribution in [3.63, 3.8) is 0 Å². The zero-order chi connectivity index (χ0) is 19.9.